The van der Waals surface area contributed by atoms with E-state index in [4.69, 9.17) is 0 Å². The minimum Gasteiger partial charge on any atom is -0.480 e. The molecule has 2 aromatic rings. The first kappa shape index (κ1) is 27.2. The number of aromatic nitrogens is 1. The van der Waals surface area contributed by atoms with E-state index < -0.39 is 35.9 Å². The lowest BCUT2D eigenvalue weighted by molar-refractivity contribution is -0.143. The summed E-state index contributed by atoms with van der Waals surface area (Å²) in [5, 5.41) is 21.8. The number of carbonyl (C=O) groups excluding carboxylic acids is 3. The Kier molecular flexibility index (Phi) is 9.08. The Morgan fingerprint density at radius 1 is 0.972 bits per heavy atom. The summed E-state index contributed by atoms with van der Waals surface area (Å²) in [7, 11) is 0. The van der Waals surface area contributed by atoms with Crippen LogP contribution in [-0.2, 0) is 25.6 Å². The van der Waals surface area contributed by atoms with E-state index in [-0.39, 0.29) is 30.2 Å². The average molecular weight is 500 g/mol. The number of fused-ring (bicyclic) bond motifs is 1. The van der Waals surface area contributed by atoms with Gasteiger partial charge in [-0.05, 0) is 42.9 Å². The first-order valence-electron chi connectivity index (χ1n) is 12.5. The van der Waals surface area contributed by atoms with Gasteiger partial charge in [0.2, 0.25) is 17.7 Å². The van der Waals surface area contributed by atoms with Crippen molar-refractivity contribution in [1.29, 1.82) is 0 Å². The number of amides is 3. The van der Waals surface area contributed by atoms with Crippen molar-refractivity contribution in [2.75, 3.05) is 6.54 Å². The first-order valence-corrected chi connectivity index (χ1v) is 12.5. The van der Waals surface area contributed by atoms with Gasteiger partial charge in [0.1, 0.15) is 18.1 Å². The Morgan fingerprint density at radius 3 is 2.28 bits per heavy atom. The summed E-state index contributed by atoms with van der Waals surface area (Å²) in [6.45, 7) is 7.80. The van der Waals surface area contributed by atoms with Crippen LogP contribution in [0.5, 0.6) is 0 Å². The molecule has 0 aliphatic carbocycles. The Hall–Kier alpha value is -3.40. The molecule has 3 amide bonds. The third kappa shape index (κ3) is 6.63. The standard InChI is InChI=1S/C26H37N5O5/c1-14(2)21(30-23(32)19-10-7-11-27-19)25(34)29-20(24(33)31-22(15(3)4)26(35)36)12-16-13-28-18-9-6-5-8-17(16)18/h5-6,8-9,13-15,19-22,27-28H,7,10-12H2,1-4H3,(H,29,34)(H,30,32)(H,31,33)(H,35,36). The third-order valence-electron chi connectivity index (χ3n) is 6.59. The molecule has 0 radical (unpaired) electrons. The van der Waals surface area contributed by atoms with Crippen molar-refractivity contribution in [2.24, 2.45) is 11.8 Å². The molecular formula is C26H37N5O5. The molecule has 1 aliphatic rings. The van der Waals surface area contributed by atoms with Gasteiger partial charge in [0.05, 0.1) is 6.04 Å². The normalized spacial score (nSPS) is 18.1. The number of hydrogen-bond acceptors (Lipinski definition) is 5. The second-order valence-electron chi connectivity index (χ2n) is 10.1. The number of benzene rings is 1. The number of para-hydroxylation sites is 1. The van der Waals surface area contributed by atoms with Gasteiger partial charge in [0.25, 0.3) is 0 Å². The van der Waals surface area contributed by atoms with Crippen molar-refractivity contribution in [2.45, 2.75) is 71.1 Å². The number of aromatic amines is 1. The van der Waals surface area contributed by atoms with E-state index in [0.717, 1.165) is 29.4 Å². The van der Waals surface area contributed by atoms with Gasteiger partial charge >= 0.3 is 5.97 Å². The van der Waals surface area contributed by atoms with Crippen molar-refractivity contribution in [1.82, 2.24) is 26.3 Å². The number of carbonyl (C=O) groups is 4. The molecule has 0 bridgehead atoms. The van der Waals surface area contributed by atoms with Gasteiger partial charge in [-0.3, -0.25) is 14.4 Å². The second-order valence-corrected chi connectivity index (χ2v) is 10.1. The monoisotopic (exact) mass is 499 g/mol. The summed E-state index contributed by atoms with van der Waals surface area (Å²) in [4.78, 5) is 54.2. The molecule has 4 atom stereocenters. The topological polar surface area (TPSA) is 152 Å². The molecule has 2 heterocycles. The Balaban J connectivity index is 1.82. The van der Waals surface area contributed by atoms with Crippen LogP contribution in [-0.4, -0.2) is 64.5 Å². The number of carboxylic acids is 1. The number of H-pyrrole nitrogens is 1. The number of rotatable bonds is 11. The SMILES string of the molecule is CC(C)C(NC(=O)C(Cc1c[nH]c2ccccc12)NC(=O)C(NC(=O)C1CCCN1)C(C)C)C(=O)O. The molecule has 1 aromatic carbocycles. The summed E-state index contributed by atoms with van der Waals surface area (Å²) >= 11 is 0. The smallest absolute Gasteiger partial charge is 0.326 e. The highest BCUT2D eigenvalue weighted by atomic mass is 16.4. The van der Waals surface area contributed by atoms with Crippen molar-refractivity contribution in [3.05, 3.63) is 36.0 Å². The maximum atomic E-state index is 13.3. The Morgan fingerprint density at radius 2 is 1.67 bits per heavy atom. The molecule has 3 rings (SSSR count). The summed E-state index contributed by atoms with van der Waals surface area (Å²) in [6, 6.07) is 4.27. The maximum absolute atomic E-state index is 13.3. The lowest BCUT2D eigenvalue weighted by Crippen LogP contribution is -2.59. The molecule has 1 aromatic heterocycles. The van der Waals surface area contributed by atoms with Gasteiger partial charge < -0.3 is 31.4 Å². The summed E-state index contributed by atoms with van der Waals surface area (Å²) in [5.74, 6) is -3.06. The van der Waals surface area contributed by atoms with Crippen LogP contribution < -0.4 is 21.3 Å². The number of nitrogens with one attached hydrogen (secondary N) is 5. The summed E-state index contributed by atoms with van der Waals surface area (Å²) < 4.78 is 0. The van der Waals surface area contributed by atoms with E-state index in [0.29, 0.717) is 6.42 Å². The van der Waals surface area contributed by atoms with Crippen LogP contribution in [0.25, 0.3) is 10.9 Å². The van der Waals surface area contributed by atoms with Gasteiger partial charge in [-0.1, -0.05) is 45.9 Å². The van der Waals surface area contributed by atoms with E-state index in [1.54, 1.807) is 20.0 Å². The fourth-order valence-electron chi connectivity index (χ4n) is 4.46. The second kappa shape index (κ2) is 12.0. The quantitative estimate of drug-likeness (QED) is 0.274. The van der Waals surface area contributed by atoms with Crippen molar-refractivity contribution >= 4 is 34.6 Å². The molecule has 0 spiro atoms. The number of aliphatic carboxylic acids is 1. The molecule has 6 N–H and O–H groups in total. The molecule has 10 nitrogen and oxygen atoms in total. The van der Waals surface area contributed by atoms with Gasteiger partial charge in [-0.25, -0.2) is 4.79 Å². The van der Waals surface area contributed by atoms with Crippen molar-refractivity contribution in [3.63, 3.8) is 0 Å². The molecule has 1 fully saturated rings. The molecule has 1 saturated heterocycles. The Bertz CT molecular complexity index is 1090. The lowest BCUT2D eigenvalue weighted by Gasteiger charge is -2.27. The average Bonchev–Trinajstić information content (AvgIpc) is 3.50. The highest BCUT2D eigenvalue weighted by Crippen LogP contribution is 2.20. The van der Waals surface area contributed by atoms with E-state index in [1.807, 2.05) is 38.1 Å². The van der Waals surface area contributed by atoms with Gasteiger partial charge in [0.15, 0.2) is 0 Å². The zero-order valence-electron chi connectivity index (χ0n) is 21.3. The largest absolute Gasteiger partial charge is 0.480 e. The van der Waals surface area contributed by atoms with Crippen LogP contribution >= 0.6 is 0 Å². The fraction of sp³-hybridized carbons (Fsp3) is 0.538. The Labute approximate surface area is 211 Å². The van der Waals surface area contributed by atoms with E-state index in [2.05, 4.69) is 26.3 Å². The molecule has 10 heteroatoms. The minimum absolute atomic E-state index is 0.148. The van der Waals surface area contributed by atoms with Crippen LogP contribution in [0, 0.1) is 11.8 Å². The molecule has 1 aliphatic heterocycles. The third-order valence-corrected chi connectivity index (χ3v) is 6.59. The van der Waals surface area contributed by atoms with Crippen LogP contribution in [0.1, 0.15) is 46.1 Å². The maximum Gasteiger partial charge on any atom is 0.326 e. The van der Waals surface area contributed by atoms with E-state index >= 15 is 0 Å². The van der Waals surface area contributed by atoms with Gasteiger partial charge in [-0.15, -0.1) is 0 Å². The zero-order chi connectivity index (χ0) is 26.4. The summed E-state index contributed by atoms with van der Waals surface area (Å²) in [5.41, 5.74) is 1.70. The van der Waals surface area contributed by atoms with Gasteiger partial charge in [0, 0.05) is 23.5 Å². The fourth-order valence-corrected chi connectivity index (χ4v) is 4.46. The minimum atomic E-state index is -1.15. The summed E-state index contributed by atoms with van der Waals surface area (Å²) in [6.07, 6.45) is 3.52. The molecule has 196 valence electrons. The van der Waals surface area contributed by atoms with Crippen LogP contribution in [0.2, 0.25) is 0 Å². The predicted octanol–water partition coefficient (Wildman–Crippen LogP) is 1.31. The lowest BCUT2D eigenvalue weighted by atomic mass is 9.99. The molecule has 36 heavy (non-hydrogen) atoms. The van der Waals surface area contributed by atoms with Crippen LogP contribution in [0.4, 0.5) is 0 Å². The first-order chi connectivity index (χ1) is 17.1. The van der Waals surface area contributed by atoms with Crippen LogP contribution in [0.3, 0.4) is 0 Å². The van der Waals surface area contributed by atoms with E-state index in [1.165, 1.54) is 0 Å². The number of carboxylic acid groups (broad SMARTS) is 1. The van der Waals surface area contributed by atoms with Gasteiger partial charge in [-0.2, -0.15) is 0 Å². The van der Waals surface area contributed by atoms with Crippen molar-refractivity contribution in [3.8, 4) is 0 Å². The van der Waals surface area contributed by atoms with Crippen molar-refractivity contribution < 1.29 is 24.3 Å². The zero-order valence-corrected chi connectivity index (χ0v) is 21.3. The number of hydrogen-bond donors (Lipinski definition) is 6. The van der Waals surface area contributed by atoms with Crippen LogP contribution in [0.15, 0.2) is 30.5 Å². The predicted molar refractivity (Wildman–Crippen MR) is 136 cm³/mol. The van der Waals surface area contributed by atoms with E-state index in [9.17, 15) is 24.3 Å². The molecule has 4 unspecified atom stereocenters. The molecule has 0 saturated carbocycles. The molecular weight excluding hydrogens is 462 g/mol. The highest BCUT2D eigenvalue weighted by Gasteiger charge is 2.33. The highest BCUT2D eigenvalue weighted by molar-refractivity contribution is 5.95.